The average molecular weight is 300 g/mol. The molecule has 0 aliphatic carbocycles. The summed E-state index contributed by atoms with van der Waals surface area (Å²) in [6.45, 7) is 0.682. The van der Waals surface area contributed by atoms with Crippen molar-refractivity contribution in [3.63, 3.8) is 0 Å². The minimum atomic E-state index is 0.126. The Kier molecular flexibility index (Phi) is 4.03. The lowest BCUT2D eigenvalue weighted by Crippen LogP contribution is -2.04. The van der Waals surface area contributed by atoms with Crippen LogP contribution in [0.5, 0.6) is 5.75 Å². The van der Waals surface area contributed by atoms with Crippen LogP contribution in [0.1, 0.15) is 0 Å². The quantitative estimate of drug-likeness (QED) is 0.758. The zero-order valence-corrected chi connectivity index (χ0v) is 12.5. The zero-order valence-electron chi connectivity index (χ0n) is 11.7. The maximum absolute atomic E-state index is 8.80. The second-order valence-corrected chi connectivity index (χ2v) is 5.61. The first kappa shape index (κ1) is 13.9. The molecule has 1 heterocycles. The number of aliphatic hydroxyl groups is 1. The van der Waals surface area contributed by atoms with Crippen molar-refractivity contribution in [2.75, 3.05) is 25.6 Å². The molecule has 4 nitrogen and oxygen atoms in total. The van der Waals surface area contributed by atoms with Crippen LogP contribution in [0.25, 0.3) is 20.8 Å². The number of thiazole rings is 1. The lowest BCUT2D eigenvalue weighted by molar-refractivity contribution is 0.311. The molecule has 108 valence electrons. The minimum Gasteiger partial charge on any atom is -0.497 e. The van der Waals surface area contributed by atoms with E-state index in [1.165, 1.54) is 0 Å². The van der Waals surface area contributed by atoms with E-state index >= 15 is 0 Å². The number of aromatic nitrogens is 1. The fourth-order valence-electron chi connectivity index (χ4n) is 2.09. The molecule has 1 aromatic heterocycles. The molecule has 0 radical (unpaired) electrons. The maximum Gasteiger partial charge on any atom is 0.124 e. The van der Waals surface area contributed by atoms with Crippen LogP contribution < -0.4 is 10.1 Å². The van der Waals surface area contributed by atoms with Crippen LogP contribution >= 0.6 is 11.3 Å². The van der Waals surface area contributed by atoms with Gasteiger partial charge in [-0.15, -0.1) is 11.3 Å². The second kappa shape index (κ2) is 6.11. The number of methoxy groups -OCH3 is 1. The number of nitrogens with one attached hydrogen (secondary N) is 1. The third kappa shape index (κ3) is 2.99. The van der Waals surface area contributed by atoms with Gasteiger partial charge in [0.1, 0.15) is 10.8 Å². The highest BCUT2D eigenvalue weighted by Crippen LogP contribution is 2.32. The number of nitrogens with zero attached hydrogens (tertiary/aromatic N) is 1. The molecule has 0 atom stereocenters. The van der Waals surface area contributed by atoms with E-state index in [4.69, 9.17) is 9.84 Å². The highest BCUT2D eigenvalue weighted by atomic mass is 32.1. The van der Waals surface area contributed by atoms with E-state index in [2.05, 4.69) is 10.3 Å². The van der Waals surface area contributed by atoms with Gasteiger partial charge in [-0.2, -0.15) is 0 Å². The first-order chi connectivity index (χ1) is 10.3. The van der Waals surface area contributed by atoms with Gasteiger partial charge in [-0.25, -0.2) is 4.98 Å². The van der Waals surface area contributed by atoms with Gasteiger partial charge in [-0.1, -0.05) is 0 Å². The molecule has 0 unspecified atom stereocenters. The first-order valence-electron chi connectivity index (χ1n) is 6.70. The molecular weight excluding hydrogens is 284 g/mol. The molecule has 2 aromatic carbocycles. The maximum atomic E-state index is 8.80. The van der Waals surface area contributed by atoms with E-state index in [9.17, 15) is 0 Å². The van der Waals surface area contributed by atoms with Crippen LogP contribution in [-0.2, 0) is 0 Å². The highest BCUT2D eigenvalue weighted by Gasteiger charge is 2.07. The number of hydrogen-bond donors (Lipinski definition) is 2. The van der Waals surface area contributed by atoms with Gasteiger partial charge in [0.15, 0.2) is 0 Å². The van der Waals surface area contributed by atoms with Crippen molar-refractivity contribution in [3.8, 4) is 16.3 Å². The van der Waals surface area contributed by atoms with Gasteiger partial charge in [0, 0.05) is 17.8 Å². The van der Waals surface area contributed by atoms with E-state index in [0.717, 1.165) is 32.2 Å². The summed E-state index contributed by atoms with van der Waals surface area (Å²) in [5.41, 5.74) is 3.07. The van der Waals surface area contributed by atoms with Crippen LogP contribution in [-0.4, -0.2) is 30.4 Å². The molecule has 3 aromatic rings. The SMILES string of the molecule is COc1ccc2nc(-c3ccc(NCCO)cc3)sc2c1. The molecule has 5 heteroatoms. The fourth-order valence-corrected chi connectivity index (χ4v) is 3.09. The third-order valence-corrected chi connectivity index (χ3v) is 4.24. The molecule has 0 spiro atoms. The lowest BCUT2D eigenvalue weighted by Gasteiger charge is -2.04. The van der Waals surface area contributed by atoms with Crippen LogP contribution in [0.15, 0.2) is 42.5 Å². The zero-order chi connectivity index (χ0) is 14.7. The Balaban J connectivity index is 1.89. The van der Waals surface area contributed by atoms with Crippen LogP contribution in [0.4, 0.5) is 5.69 Å². The largest absolute Gasteiger partial charge is 0.497 e. The van der Waals surface area contributed by atoms with Gasteiger partial charge < -0.3 is 15.2 Å². The molecule has 0 bridgehead atoms. The van der Waals surface area contributed by atoms with Crippen LogP contribution in [0.2, 0.25) is 0 Å². The molecule has 0 saturated carbocycles. The summed E-state index contributed by atoms with van der Waals surface area (Å²) in [5.74, 6) is 0.848. The number of hydrogen-bond acceptors (Lipinski definition) is 5. The summed E-state index contributed by atoms with van der Waals surface area (Å²) in [7, 11) is 1.67. The average Bonchev–Trinajstić information content (AvgIpc) is 2.96. The Bertz CT molecular complexity index is 738. The first-order valence-corrected chi connectivity index (χ1v) is 7.51. The predicted molar refractivity (Wildman–Crippen MR) is 87.2 cm³/mol. The van der Waals surface area contributed by atoms with Crippen LogP contribution in [0.3, 0.4) is 0 Å². The van der Waals surface area contributed by atoms with Crippen molar-refractivity contribution in [1.29, 1.82) is 0 Å². The Labute approximate surface area is 127 Å². The molecule has 3 rings (SSSR count). The molecule has 0 aliphatic rings. The van der Waals surface area contributed by atoms with Gasteiger partial charge in [-0.05, 0) is 42.5 Å². The second-order valence-electron chi connectivity index (χ2n) is 4.58. The third-order valence-electron chi connectivity index (χ3n) is 3.17. The summed E-state index contributed by atoms with van der Waals surface area (Å²) in [4.78, 5) is 4.65. The normalized spacial score (nSPS) is 10.8. The van der Waals surface area contributed by atoms with Crippen molar-refractivity contribution in [2.24, 2.45) is 0 Å². The molecular formula is C16H16N2O2S. The van der Waals surface area contributed by atoms with Crippen molar-refractivity contribution < 1.29 is 9.84 Å². The Morgan fingerprint density at radius 1 is 1.19 bits per heavy atom. The van der Waals surface area contributed by atoms with Crippen molar-refractivity contribution >= 4 is 27.2 Å². The molecule has 0 aliphatic heterocycles. The summed E-state index contributed by atoms with van der Waals surface area (Å²) in [5, 5.41) is 12.9. The van der Waals surface area contributed by atoms with Gasteiger partial charge in [0.05, 0.1) is 23.9 Å². The smallest absolute Gasteiger partial charge is 0.124 e. The van der Waals surface area contributed by atoms with E-state index in [1.807, 2.05) is 42.5 Å². The van der Waals surface area contributed by atoms with E-state index < -0.39 is 0 Å². The molecule has 21 heavy (non-hydrogen) atoms. The van der Waals surface area contributed by atoms with Crippen molar-refractivity contribution in [1.82, 2.24) is 4.98 Å². The Hall–Kier alpha value is -2.11. The van der Waals surface area contributed by atoms with Crippen LogP contribution in [0, 0.1) is 0 Å². The van der Waals surface area contributed by atoms with Gasteiger partial charge in [0.25, 0.3) is 0 Å². The number of rotatable bonds is 5. The van der Waals surface area contributed by atoms with Gasteiger partial charge in [-0.3, -0.25) is 0 Å². The molecule has 0 fully saturated rings. The number of benzene rings is 2. The number of anilines is 1. The van der Waals surface area contributed by atoms with Gasteiger partial charge >= 0.3 is 0 Å². The topological polar surface area (TPSA) is 54.4 Å². The molecule has 0 saturated heterocycles. The standard InChI is InChI=1S/C16H16N2O2S/c1-20-13-6-7-14-15(10-13)21-16(18-14)11-2-4-12(5-3-11)17-8-9-19/h2-7,10,17,19H,8-9H2,1H3. The summed E-state index contributed by atoms with van der Waals surface area (Å²) in [6.07, 6.45) is 0. The predicted octanol–water partition coefficient (Wildman–Crippen LogP) is 3.38. The molecule has 0 amide bonds. The summed E-state index contributed by atoms with van der Waals surface area (Å²) >= 11 is 1.65. The Morgan fingerprint density at radius 3 is 2.71 bits per heavy atom. The monoisotopic (exact) mass is 300 g/mol. The lowest BCUT2D eigenvalue weighted by atomic mass is 10.2. The summed E-state index contributed by atoms with van der Waals surface area (Å²) < 4.78 is 6.36. The number of aliphatic hydroxyl groups excluding tert-OH is 1. The Morgan fingerprint density at radius 2 is 2.00 bits per heavy atom. The summed E-state index contributed by atoms with van der Waals surface area (Å²) in [6, 6.07) is 14.0. The van der Waals surface area contributed by atoms with Gasteiger partial charge in [0.2, 0.25) is 0 Å². The minimum absolute atomic E-state index is 0.126. The van der Waals surface area contributed by atoms with E-state index in [1.54, 1.807) is 18.4 Å². The van der Waals surface area contributed by atoms with E-state index in [-0.39, 0.29) is 6.61 Å². The van der Waals surface area contributed by atoms with E-state index in [0.29, 0.717) is 6.54 Å². The number of fused-ring (bicyclic) bond motifs is 1. The molecule has 2 N–H and O–H groups in total. The van der Waals surface area contributed by atoms with Crippen molar-refractivity contribution in [3.05, 3.63) is 42.5 Å². The highest BCUT2D eigenvalue weighted by molar-refractivity contribution is 7.21. The fraction of sp³-hybridized carbons (Fsp3) is 0.188. The van der Waals surface area contributed by atoms with Crippen molar-refractivity contribution in [2.45, 2.75) is 0 Å². The number of ether oxygens (including phenoxy) is 1.